The molecule has 2 aromatic heterocycles. The molecule has 17 heavy (non-hydrogen) atoms. The van der Waals surface area contributed by atoms with Crippen molar-refractivity contribution in [2.75, 3.05) is 0 Å². The molecule has 1 aliphatic rings. The number of rotatable bonds is 2. The van der Waals surface area contributed by atoms with Gasteiger partial charge in [0.2, 0.25) is 0 Å². The van der Waals surface area contributed by atoms with Crippen molar-refractivity contribution in [3.05, 3.63) is 39.7 Å². The van der Waals surface area contributed by atoms with E-state index < -0.39 is 5.91 Å². The predicted molar refractivity (Wildman–Crippen MR) is 68.1 cm³/mol. The Balaban J connectivity index is 2.22. The Labute approximate surface area is 103 Å². The lowest BCUT2D eigenvalue weighted by Crippen LogP contribution is -2.14. The minimum atomic E-state index is -0.395. The summed E-state index contributed by atoms with van der Waals surface area (Å²) in [4.78, 5) is 16.1. The van der Waals surface area contributed by atoms with Crippen LogP contribution >= 0.6 is 11.3 Å². The molecule has 86 valence electrons. The lowest BCUT2D eigenvalue weighted by atomic mass is 10.0. The summed E-state index contributed by atoms with van der Waals surface area (Å²) in [6, 6.07) is 3.89. The standard InChI is InChI=1S/C13H12N2OS/c14-13(16)10-6-8-2-1-3-11(8)15-12(10)9-4-5-17-7-9/h4-7H,1-3H2,(H2,14,16). The third-order valence-corrected chi connectivity index (χ3v) is 3.79. The highest BCUT2D eigenvalue weighted by Gasteiger charge is 2.19. The number of primary amides is 1. The number of fused-ring (bicyclic) bond motifs is 1. The first-order chi connectivity index (χ1) is 8.25. The van der Waals surface area contributed by atoms with Gasteiger partial charge < -0.3 is 5.73 Å². The van der Waals surface area contributed by atoms with Crippen molar-refractivity contribution in [3.63, 3.8) is 0 Å². The Morgan fingerprint density at radius 1 is 1.41 bits per heavy atom. The van der Waals surface area contributed by atoms with E-state index in [9.17, 15) is 4.79 Å². The van der Waals surface area contributed by atoms with Crippen LogP contribution in [0.1, 0.15) is 28.0 Å². The second-order valence-corrected chi connectivity index (χ2v) is 5.00. The molecule has 1 amide bonds. The van der Waals surface area contributed by atoms with Gasteiger partial charge in [-0.25, -0.2) is 0 Å². The van der Waals surface area contributed by atoms with Gasteiger partial charge in [0.25, 0.3) is 5.91 Å². The van der Waals surface area contributed by atoms with Gasteiger partial charge in [0.05, 0.1) is 11.3 Å². The van der Waals surface area contributed by atoms with Crippen LogP contribution < -0.4 is 5.73 Å². The number of hydrogen-bond donors (Lipinski definition) is 1. The molecule has 1 aliphatic carbocycles. The van der Waals surface area contributed by atoms with E-state index in [2.05, 4.69) is 4.98 Å². The molecule has 4 heteroatoms. The molecule has 3 nitrogen and oxygen atoms in total. The molecule has 0 bridgehead atoms. The molecule has 2 heterocycles. The average molecular weight is 244 g/mol. The van der Waals surface area contributed by atoms with Crippen molar-refractivity contribution in [2.24, 2.45) is 5.73 Å². The number of aromatic nitrogens is 1. The Morgan fingerprint density at radius 2 is 2.29 bits per heavy atom. The molecule has 0 atom stereocenters. The summed E-state index contributed by atoms with van der Waals surface area (Å²) in [5.74, 6) is -0.395. The lowest BCUT2D eigenvalue weighted by Gasteiger charge is -2.07. The van der Waals surface area contributed by atoms with Gasteiger partial charge in [0.15, 0.2) is 0 Å². The number of amides is 1. The SMILES string of the molecule is NC(=O)c1cc2c(nc1-c1ccsc1)CCC2. The molecule has 0 unspecified atom stereocenters. The second-order valence-electron chi connectivity index (χ2n) is 4.22. The first-order valence-corrected chi connectivity index (χ1v) is 6.55. The number of aryl methyl sites for hydroxylation is 2. The van der Waals surface area contributed by atoms with Crippen LogP contribution in [0.2, 0.25) is 0 Å². The summed E-state index contributed by atoms with van der Waals surface area (Å²) in [7, 11) is 0. The van der Waals surface area contributed by atoms with Gasteiger partial charge in [-0.2, -0.15) is 11.3 Å². The van der Waals surface area contributed by atoms with Crippen LogP contribution in [-0.2, 0) is 12.8 Å². The minimum absolute atomic E-state index is 0.395. The third kappa shape index (κ3) is 1.74. The van der Waals surface area contributed by atoms with Crippen molar-refractivity contribution in [1.29, 1.82) is 0 Å². The fraction of sp³-hybridized carbons (Fsp3) is 0.231. The van der Waals surface area contributed by atoms with Crippen LogP contribution in [-0.4, -0.2) is 10.9 Å². The Kier molecular flexibility index (Phi) is 2.44. The summed E-state index contributed by atoms with van der Waals surface area (Å²) in [5, 5.41) is 3.98. The molecular formula is C13H12N2OS. The number of pyridine rings is 1. The summed E-state index contributed by atoms with van der Waals surface area (Å²) in [5.41, 5.74) is 10.0. The quantitative estimate of drug-likeness (QED) is 0.881. The van der Waals surface area contributed by atoms with Crippen LogP contribution in [0, 0.1) is 0 Å². The fourth-order valence-electron chi connectivity index (χ4n) is 2.28. The van der Waals surface area contributed by atoms with Crippen molar-refractivity contribution in [3.8, 4) is 11.3 Å². The first-order valence-electron chi connectivity index (χ1n) is 5.61. The van der Waals surface area contributed by atoms with Crippen LogP contribution in [0.25, 0.3) is 11.3 Å². The zero-order valence-electron chi connectivity index (χ0n) is 9.27. The molecule has 0 spiro atoms. The van der Waals surface area contributed by atoms with Gasteiger partial charge in [0, 0.05) is 16.6 Å². The van der Waals surface area contributed by atoms with Gasteiger partial charge in [-0.3, -0.25) is 9.78 Å². The maximum Gasteiger partial charge on any atom is 0.250 e. The van der Waals surface area contributed by atoms with Gasteiger partial charge >= 0.3 is 0 Å². The zero-order chi connectivity index (χ0) is 11.8. The fourth-order valence-corrected chi connectivity index (χ4v) is 2.92. The normalized spacial score (nSPS) is 13.6. The average Bonchev–Trinajstić information content (AvgIpc) is 2.98. The summed E-state index contributed by atoms with van der Waals surface area (Å²) >= 11 is 1.60. The molecule has 0 radical (unpaired) electrons. The van der Waals surface area contributed by atoms with Crippen LogP contribution in [0.4, 0.5) is 0 Å². The number of hydrogen-bond acceptors (Lipinski definition) is 3. The van der Waals surface area contributed by atoms with E-state index >= 15 is 0 Å². The van der Waals surface area contributed by atoms with Gasteiger partial charge in [-0.05, 0) is 42.3 Å². The van der Waals surface area contributed by atoms with Crippen molar-refractivity contribution in [1.82, 2.24) is 4.98 Å². The van der Waals surface area contributed by atoms with E-state index in [1.807, 2.05) is 22.9 Å². The van der Waals surface area contributed by atoms with Crippen LogP contribution in [0.15, 0.2) is 22.9 Å². The zero-order valence-corrected chi connectivity index (χ0v) is 10.1. The van der Waals surface area contributed by atoms with E-state index in [4.69, 9.17) is 5.73 Å². The smallest absolute Gasteiger partial charge is 0.250 e. The first kappa shape index (κ1) is 10.5. The summed E-state index contributed by atoms with van der Waals surface area (Å²) < 4.78 is 0. The molecule has 3 rings (SSSR count). The summed E-state index contributed by atoms with van der Waals surface area (Å²) in [6.07, 6.45) is 3.13. The van der Waals surface area contributed by atoms with Crippen molar-refractivity contribution < 1.29 is 4.79 Å². The Bertz CT molecular complexity index is 575. The van der Waals surface area contributed by atoms with Crippen LogP contribution in [0.5, 0.6) is 0 Å². The number of carbonyl (C=O) groups excluding carboxylic acids is 1. The van der Waals surface area contributed by atoms with Crippen molar-refractivity contribution >= 4 is 17.2 Å². The number of thiophene rings is 1. The van der Waals surface area contributed by atoms with E-state index in [1.54, 1.807) is 11.3 Å². The second kappa shape index (κ2) is 3.96. The van der Waals surface area contributed by atoms with E-state index in [-0.39, 0.29) is 0 Å². The maximum atomic E-state index is 11.5. The third-order valence-electron chi connectivity index (χ3n) is 3.11. The van der Waals surface area contributed by atoms with Gasteiger partial charge in [0.1, 0.15) is 0 Å². The Hall–Kier alpha value is -1.68. The van der Waals surface area contributed by atoms with E-state index in [1.165, 1.54) is 5.56 Å². The molecule has 0 saturated carbocycles. The monoisotopic (exact) mass is 244 g/mol. The van der Waals surface area contributed by atoms with Crippen molar-refractivity contribution in [2.45, 2.75) is 19.3 Å². The Morgan fingerprint density at radius 3 is 3.00 bits per heavy atom. The van der Waals surface area contributed by atoms with Gasteiger partial charge in [-0.1, -0.05) is 0 Å². The molecule has 0 saturated heterocycles. The molecular weight excluding hydrogens is 232 g/mol. The molecule has 0 fully saturated rings. The largest absolute Gasteiger partial charge is 0.366 e. The number of nitrogens with zero attached hydrogens (tertiary/aromatic N) is 1. The number of nitrogens with two attached hydrogens (primary N) is 1. The van der Waals surface area contributed by atoms with Gasteiger partial charge in [-0.15, -0.1) is 0 Å². The van der Waals surface area contributed by atoms with E-state index in [0.29, 0.717) is 5.56 Å². The maximum absolute atomic E-state index is 11.5. The minimum Gasteiger partial charge on any atom is -0.366 e. The molecule has 2 N–H and O–H groups in total. The van der Waals surface area contributed by atoms with Crippen LogP contribution in [0.3, 0.4) is 0 Å². The highest BCUT2D eigenvalue weighted by molar-refractivity contribution is 7.08. The highest BCUT2D eigenvalue weighted by atomic mass is 32.1. The predicted octanol–water partition coefficient (Wildman–Crippen LogP) is 2.40. The summed E-state index contributed by atoms with van der Waals surface area (Å²) in [6.45, 7) is 0. The molecule has 0 aromatic carbocycles. The topological polar surface area (TPSA) is 56.0 Å². The highest BCUT2D eigenvalue weighted by Crippen LogP contribution is 2.29. The number of carbonyl (C=O) groups is 1. The lowest BCUT2D eigenvalue weighted by molar-refractivity contribution is 0.100. The molecule has 2 aromatic rings. The molecule has 0 aliphatic heterocycles. The van der Waals surface area contributed by atoms with E-state index in [0.717, 1.165) is 36.2 Å².